The van der Waals surface area contributed by atoms with Crippen LogP contribution in [0.25, 0.3) is 0 Å². The highest BCUT2D eigenvalue weighted by Gasteiger charge is 2.36. The predicted molar refractivity (Wildman–Crippen MR) is 85.8 cm³/mol. The fourth-order valence-corrected chi connectivity index (χ4v) is 1.91. The predicted octanol–water partition coefficient (Wildman–Crippen LogP) is 1.49. The lowest BCUT2D eigenvalue weighted by molar-refractivity contribution is -0.167. The number of carboxylic acid groups (broad SMARTS) is 1. The monoisotopic (exact) mass is 337 g/mol. The zero-order valence-electron chi connectivity index (χ0n) is 14.0. The van der Waals surface area contributed by atoms with Crippen LogP contribution in [-0.4, -0.2) is 34.7 Å². The summed E-state index contributed by atoms with van der Waals surface area (Å²) in [7, 11) is 0. The molecular weight excluding hydrogens is 314 g/mol. The van der Waals surface area contributed by atoms with Crippen molar-refractivity contribution in [3.63, 3.8) is 0 Å². The summed E-state index contributed by atoms with van der Waals surface area (Å²) in [6.07, 6.45) is -0.615. The van der Waals surface area contributed by atoms with E-state index in [2.05, 4.69) is 0 Å². The number of carbonyl (C=O) groups is 3. The van der Waals surface area contributed by atoms with Crippen molar-refractivity contribution in [3.05, 3.63) is 35.9 Å². The van der Waals surface area contributed by atoms with Gasteiger partial charge < -0.3 is 20.3 Å². The van der Waals surface area contributed by atoms with Gasteiger partial charge in [0.05, 0.1) is 12.3 Å². The number of aliphatic carboxylic acids is 1. The fraction of sp³-hybridized carbons (Fsp3) is 0.471. The maximum Gasteiger partial charge on any atom is 0.324 e. The van der Waals surface area contributed by atoms with E-state index in [0.717, 1.165) is 5.56 Å². The Morgan fingerprint density at radius 1 is 1.12 bits per heavy atom. The van der Waals surface area contributed by atoms with Crippen LogP contribution in [0.1, 0.15) is 32.8 Å². The molecule has 0 saturated carbocycles. The number of carboxylic acids is 1. The van der Waals surface area contributed by atoms with E-state index in [9.17, 15) is 14.4 Å². The molecule has 0 aliphatic heterocycles. The summed E-state index contributed by atoms with van der Waals surface area (Å²) in [6.45, 7) is 4.91. The first-order valence-corrected chi connectivity index (χ1v) is 7.51. The molecule has 0 aliphatic rings. The molecule has 0 bridgehead atoms. The molecule has 1 aromatic rings. The molecule has 0 spiro atoms. The van der Waals surface area contributed by atoms with Crippen molar-refractivity contribution >= 4 is 17.9 Å². The molecule has 0 radical (unpaired) electrons. The lowest BCUT2D eigenvalue weighted by atomic mass is 9.96. The van der Waals surface area contributed by atoms with Crippen molar-refractivity contribution in [2.24, 2.45) is 11.7 Å². The first kappa shape index (κ1) is 19.6. The first-order chi connectivity index (χ1) is 11.1. The van der Waals surface area contributed by atoms with E-state index in [-0.39, 0.29) is 6.61 Å². The molecule has 7 nitrogen and oxygen atoms in total. The third-order valence-corrected chi connectivity index (χ3v) is 3.03. The van der Waals surface area contributed by atoms with Crippen LogP contribution in [0.5, 0.6) is 0 Å². The van der Waals surface area contributed by atoms with Gasteiger partial charge in [0.1, 0.15) is 18.2 Å². The van der Waals surface area contributed by atoms with Crippen molar-refractivity contribution in [2.45, 2.75) is 45.4 Å². The number of hydrogen-bond acceptors (Lipinski definition) is 6. The minimum Gasteiger partial charge on any atom is -0.481 e. The van der Waals surface area contributed by atoms with Gasteiger partial charge in [-0.1, -0.05) is 30.3 Å². The normalized spacial score (nSPS) is 13.7. The second kappa shape index (κ2) is 8.44. The number of benzene rings is 1. The van der Waals surface area contributed by atoms with Crippen LogP contribution in [0, 0.1) is 5.92 Å². The Morgan fingerprint density at radius 3 is 2.21 bits per heavy atom. The second-order valence-corrected chi connectivity index (χ2v) is 6.36. The molecule has 3 N–H and O–H groups in total. The number of nitrogens with two attached hydrogens (primary N) is 1. The van der Waals surface area contributed by atoms with E-state index in [0.29, 0.717) is 0 Å². The topological polar surface area (TPSA) is 116 Å². The van der Waals surface area contributed by atoms with Gasteiger partial charge in [-0.05, 0) is 26.3 Å². The van der Waals surface area contributed by atoms with E-state index >= 15 is 0 Å². The van der Waals surface area contributed by atoms with Crippen LogP contribution < -0.4 is 5.73 Å². The Labute approximate surface area is 140 Å². The van der Waals surface area contributed by atoms with Crippen LogP contribution in [0.2, 0.25) is 0 Å². The molecular formula is C17H23NO6. The molecule has 0 aliphatic carbocycles. The van der Waals surface area contributed by atoms with Crippen molar-refractivity contribution in [1.29, 1.82) is 0 Å². The van der Waals surface area contributed by atoms with Crippen LogP contribution in [-0.2, 0) is 30.5 Å². The number of carbonyl (C=O) groups excluding carboxylic acids is 2. The average Bonchev–Trinajstić information content (AvgIpc) is 2.48. The van der Waals surface area contributed by atoms with E-state index in [4.69, 9.17) is 20.3 Å². The van der Waals surface area contributed by atoms with Crippen molar-refractivity contribution in [1.82, 2.24) is 0 Å². The minimum atomic E-state index is -1.42. The van der Waals surface area contributed by atoms with Gasteiger partial charge in [-0.15, -0.1) is 0 Å². The van der Waals surface area contributed by atoms with Gasteiger partial charge in [0.2, 0.25) is 0 Å². The Balaban J connectivity index is 2.75. The van der Waals surface area contributed by atoms with Gasteiger partial charge in [-0.25, -0.2) is 0 Å². The van der Waals surface area contributed by atoms with E-state index in [1.807, 2.05) is 6.07 Å². The smallest absolute Gasteiger partial charge is 0.324 e. The highest BCUT2D eigenvalue weighted by atomic mass is 16.6. The van der Waals surface area contributed by atoms with Crippen molar-refractivity contribution in [3.8, 4) is 0 Å². The third kappa shape index (κ3) is 6.78. The van der Waals surface area contributed by atoms with E-state index in [1.165, 1.54) is 0 Å². The Bertz CT molecular complexity index is 578. The summed E-state index contributed by atoms with van der Waals surface area (Å²) in [5, 5.41) is 8.95. The molecule has 1 aromatic carbocycles. The van der Waals surface area contributed by atoms with Crippen LogP contribution in [0.15, 0.2) is 30.3 Å². The quantitative estimate of drug-likeness (QED) is 0.724. The van der Waals surface area contributed by atoms with Crippen LogP contribution >= 0.6 is 0 Å². The molecule has 0 amide bonds. The second-order valence-electron chi connectivity index (χ2n) is 6.36. The highest BCUT2D eigenvalue weighted by Crippen LogP contribution is 2.17. The van der Waals surface area contributed by atoms with Gasteiger partial charge in [0, 0.05) is 0 Å². The molecule has 0 heterocycles. The molecule has 24 heavy (non-hydrogen) atoms. The molecule has 0 aromatic heterocycles. The summed E-state index contributed by atoms with van der Waals surface area (Å²) < 4.78 is 10.2. The fourth-order valence-electron chi connectivity index (χ4n) is 1.91. The van der Waals surface area contributed by atoms with E-state index in [1.54, 1.807) is 45.0 Å². The van der Waals surface area contributed by atoms with Gasteiger partial charge >= 0.3 is 17.9 Å². The Hall–Kier alpha value is -2.41. The molecule has 1 rings (SSSR count). The molecule has 0 saturated heterocycles. The highest BCUT2D eigenvalue weighted by molar-refractivity contribution is 5.87. The first-order valence-electron chi connectivity index (χ1n) is 7.51. The number of hydrogen-bond donors (Lipinski definition) is 2. The summed E-state index contributed by atoms with van der Waals surface area (Å²) in [5.74, 6) is -4.26. The standard InChI is InChI=1S/C17H23NO6/c1-17(2,3)24-15(21)12(9-13(19)20)14(18)16(22)23-10-11-7-5-4-6-8-11/h4-8,12,14H,9-10,18H2,1-3H3,(H,19,20). The number of ether oxygens (including phenoxy) is 2. The molecule has 132 valence electrons. The number of rotatable bonds is 7. The summed E-state index contributed by atoms with van der Waals surface area (Å²) in [5.41, 5.74) is 5.69. The van der Waals surface area contributed by atoms with Crippen molar-refractivity contribution in [2.75, 3.05) is 0 Å². The zero-order valence-corrected chi connectivity index (χ0v) is 14.0. The van der Waals surface area contributed by atoms with Gasteiger partial charge in [0.25, 0.3) is 0 Å². The van der Waals surface area contributed by atoms with Gasteiger partial charge in [0.15, 0.2) is 0 Å². The molecule has 2 atom stereocenters. The summed E-state index contributed by atoms with van der Waals surface area (Å²) in [6, 6.07) is 7.51. The maximum absolute atomic E-state index is 12.1. The molecule has 0 fully saturated rings. The maximum atomic E-state index is 12.1. The largest absolute Gasteiger partial charge is 0.481 e. The zero-order chi connectivity index (χ0) is 18.3. The Kier molecular flexibility index (Phi) is 6.91. The SMILES string of the molecule is CC(C)(C)OC(=O)C(CC(=O)O)C(N)C(=O)OCc1ccccc1. The third-order valence-electron chi connectivity index (χ3n) is 3.03. The lowest BCUT2D eigenvalue weighted by Crippen LogP contribution is -2.46. The molecule has 7 heteroatoms. The van der Waals surface area contributed by atoms with Crippen molar-refractivity contribution < 1.29 is 29.0 Å². The molecule has 2 unspecified atom stereocenters. The van der Waals surface area contributed by atoms with Crippen LogP contribution in [0.3, 0.4) is 0 Å². The number of esters is 2. The Morgan fingerprint density at radius 2 is 1.71 bits per heavy atom. The summed E-state index contributed by atoms with van der Waals surface area (Å²) >= 11 is 0. The van der Waals surface area contributed by atoms with E-state index < -0.39 is 41.9 Å². The lowest BCUT2D eigenvalue weighted by Gasteiger charge is -2.25. The average molecular weight is 337 g/mol. The summed E-state index contributed by atoms with van der Waals surface area (Å²) in [4.78, 5) is 35.2. The van der Waals surface area contributed by atoms with Crippen LogP contribution in [0.4, 0.5) is 0 Å². The van der Waals surface area contributed by atoms with Gasteiger partial charge in [-0.2, -0.15) is 0 Å². The van der Waals surface area contributed by atoms with Gasteiger partial charge in [-0.3, -0.25) is 14.4 Å². The minimum absolute atomic E-state index is 0.0124.